The lowest BCUT2D eigenvalue weighted by molar-refractivity contribution is 0.218. The number of halogens is 1. The van der Waals surface area contributed by atoms with Crippen molar-refractivity contribution in [1.82, 2.24) is 9.80 Å². The van der Waals surface area contributed by atoms with Crippen LogP contribution >= 0.6 is 0 Å². The number of fused-ring (bicyclic) bond motifs is 2. The minimum atomic E-state index is -0.182. The third-order valence-corrected chi connectivity index (χ3v) is 6.12. The van der Waals surface area contributed by atoms with E-state index in [4.69, 9.17) is 5.73 Å². The van der Waals surface area contributed by atoms with E-state index in [2.05, 4.69) is 27.3 Å². The average molecular weight is 355 g/mol. The summed E-state index contributed by atoms with van der Waals surface area (Å²) in [4.78, 5) is 6.84. The SMILES string of the molecule is C=C([C@@H](N)CN1C[C@@H]2C[C@H]1CN2c1cccc(F)c1)N1CCC[C@H]1C#N. The lowest BCUT2D eigenvalue weighted by atomic mass is 10.1. The number of anilines is 1. The molecule has 0 saturated carbocycles. The molecule has 3 aliphatic heterocycles. The lowest BCUT2D eigenvalue weighted by Gasteiger charge is -2.38. The molecule has 5 nitrogen and oxygen atoms in total. The molecule has 0 radical (unpaired) electrons. The van der Waals surface area contributed by atoms with E-state index in [0.717, 1.165) is 56.8 Å². The summed E-state index contributed by atoms with van der Waals surface area (Å²) in [7, 11) is 0. The van der Waals surface area contributed by atoms with E-state index in [1.165, 1.54) is 6.07 Å². The van der Waals surface area contributed by atoms with Crippen LogP contribution in [0.5, 0.6) is 0 Å². The molecule has 0 unspecified atom stereocenters. The fraction of sp³-hybridized carbons (Fsp3) is 0.550. The molecule has 3 heterocycles. The van der Waals surface area contributed by atoms with E-state index in [9.17, 15) is 9.65 Å². The van der Waals surface area contributed by atoms with Crippen LogP contribution in [0.3, 0.4) is 0 Å². The Morgan fingerprint density at radius 3 is 2.92 bits per heavy atom. The van der Waals surface area contributed by atoms with Crippen molar-refractivity contribution in [3.63, 3.8) is 0 Å². The third-order valence-electron chi connectivity index (χ3n) is 6.12. The van der Waals surface area contributed by atoms with Crippen molar-refractivity contribution in [2.24, 2.45) is 5.73 Å². The lowest BCUT2D eigenvalue weighted by Crippen LogP contribution is -2.51. The number of nitrogens with two attached hydrogens (primary N) is 1. The fourth-order valence-corrected chi connectivity index (χ4v) is 4.76. The predicted molar refractivity (Wildman–Crippen MR) is 100.0 cm³/mol. The summed E-state index contributed by atoms with van der Waals surface area (Å²) in [5.41, 5.74) is 8.30. The van der Waals surface area contributed by atoms with Crippen LogP contribution < -0.4 is 10.6 Å². The van der Waals surface area contributed by atoms with Crippen LogP contribution in [0.15, 0.2) is 36.5 Å². The van der Waals surface area contributed by atoms with Gasteiger partial charge in [-0.1, -0.05) is 12.6 Å². The molecule has 2 N–H and O–H groups in total. The van der Waals surface area contributed by atoms with E-state index in [1.54, 1.807) is 12.1 Å². The van der Waals surface area contributed by atoms with Crippen molar-refractivity contribution < 1.29 is 4.39 Å². The standard InChI is InChI=1S/C20H26FN5/c1-14(25-7-3-6-17(25)10-22)20(23)13-24-11-19-9-18(24)12-26(19)16-5-2-4-15(21)8-16/h2,4-5,8,17-20H,1,3,6-7,9,11-13,23H2/t17-,18-,19-,20-/m0/s1. The number of nitrogens with zero attached hydrogens (tertiary/aromatic N) is 4. The maximum atomic E-state index is 13.5. The van der Waals surface area contributed by atoms with Gasteiger partial charge in [-0.3, -0.25) is 4.90 Å². The van der Waals surface area contributed by atoms with E-state index < -0.39 is 0 Å². The van der Waals surface area contributed by atoms with Gasteiger partial charge in [0.25, 0.3) is 0 Å². The second-order valence-electron chi connectivity index (χ2n) is 7.71. The highest BCUT2D eigenvalue weighted by Crippen LogP contribution is 2.35. The molecular weight excluding hydrogens is 329 g/mol. The Morgan fingerprint density at radius 2 is 2.23 bits per heavy atom. The van der Waals surface area contributed by atoms with Gasteiger partial charge in [-0.05, 0) is 37.5 Å². The van der Waals surface area contributed by atoms with Gasteiger partial charge >= 0.3 is 0 Å². The van der Waals surface area contributed by atoms with Crippen LogP contribution in [-0.2, 0) is 0 Å². The monoisotopic (exact) mass is 355 g/mol. The van der Waals surface area contributed by atoms with Crippen LogP contribution in [0.1, 0.15) is 19.3 Å². The molecule has 138 valence electrons. The summed E-state index contributed by atoms with van der Waals surface area (Å²) in [5, 5.41) is 9.28. The summed E-state index contributed by atoms with van der Waals surface area (Å²) in [6.45, 7) is 7.69. The zero-order valence-corrected chi connectivity index (χ0v) is 15.0. The van der Waals surface area contributed by atoms with Gasteiger partial charge in [0.1, 0.15) is 11.9 Å². The zero-order chi connectivity index (χ0) is 18.3. The predicted octanol–water partition coefficient (Wildman–Crippen LogP) is 1.92. The Morgan fingerprint density at radius 1 is 1.38 bits per heavy atom. The van der Waals surface area contributed by atoms with E-state index in [1.807, 2.05) is 6.07 Å². The molecule has 1 aromatic rings. The van der Waals surface area contributed by atoms with Crippen molar-refractivity contribution in [2.45, 2.75) is 43.4 Å². The Labute approximate surface area is 154 Å². The summed E-state index contributed by atoms with van der Waals surface area (Å²) < 4.78 is 13.5. The van der Waals surface area contributed by atoms with Gasteiger partial charge in [0.2, 0.25) is 0 Å². The fourth-order valence-electron chi connectivity index (χ4n) is 4.76. The highest BCUT2D eigenvalue weighted by atomic mass is 19.1. The molecular formula is C20H26FN5. The van der Waals surface area contributed by atoms with Gasteiger partial charge in [-0.15, -0.1) is 0 Å². The number of nitriles is 1. The van der Waals surface area contributed by atoms with Crippen molar-refractivity contribution in [2.75, 3.05) is 31.1 Å². The molecule has 0 amide bonds. The summed E-state index contributed by atoms with van der Waals surface area (Å²) >= 11 is 0. The first kappa shape index (κ1) is 17.3. The second kappa shape index (κ2) is 6.90. The number of likely N-dealkylation sites (tertiary alicyclic amines) is 2. The summed E-state index contributed by atoms with van der Waals surface area (Å²) in [5.74, 6) is -0.182. The molecule has 0 aromatic heterocycles. The first-order chi connectivity index (χ1) is 12.6. The van der Waals surface area contributed by atoms with Gasteiger partial charge in [0, 0.05) is 49.6 Å². The van der Waals surface area contributed by atoms with Crippen LogP contribution in [0.2, 0.25) is 0 Å². The largest absolute Gasteiger partial charge is 0.366 e. The zero-order valence-electron chi connectivity index (χ0n) is 15.0. The van der Waals surface area contributed by atoms with Gasteiger partial charge in [0.05, 0.1) is 12.1 Å². The number of hydrogen-bond acceptors (Lipinski definition) is 5. The van der Waals surface area contributed by atoms with E-state index in [-0.39, 0.29) is 17.9 Å². The molecule has 3 saturated heterocycles. The molecule has 0 spiro atoms. The molecule has 0 aliphatic carbocycles. The summed E-state index contributed by atoms with van der Waals surface area (Å²) in [6, 6.07) is 9.87. The first-order valence-electron chi connectivity index (χ1n) is 9.43. The number of piperazine rings is 1. The average Bonchev–Trinajstić information content (AvgIpc) is 3.35. The van der Waals surface area contributed by atoms with Gasteiger partial charge in [0.15, 0.2) is 0 Å². The van der Waals surface area contributed by atoms with E-state index >= 15 is 0 Å². The molecule has 3 fully saturated rings. The number of hydrogen-bond donors (Lipinski definition) is 1. The molecule has 6 heteroatoms. The highest BCUT2D eigenvalue weighted by Gasteiger charge is 2.44. The Bertz CT molecular complexity index is 729. The first-order valence-corrected chi connectivity index (χ1v) is 9.43. The Hall–Kier alpha value is -2.10. The van der Waals surface area contributed by atoms with E-state index in [0.29, 0.717) is 12.1 Å². The van der Waals surface area contributed by atoms with Crippen LogP contribution in [0.25, 0.3) is 0 Å². The molecule has 26 heavy (non-hydrogen) atoms. The van der Waals surface area contributed by atoms with Crippen molar-refractivity contribution in [1.29, 1.82) is 5.26 Å². The topological polar surface area (TPSA) is 59.5 Å². The van der Waals surface area contributed by atoms with Crippen molar-refractivity contribution in [3.8, 4) is 6.07 Å². The molecule has 1 aromatic carbocycles. The molecule has 3 aliphatic rings. The quantitative estimate of drug-likeness (QED) is 0.874. The van der Waals surface area contributed by atoms with Crippen molar-refractivity contribution in [3.05, 3.63) is 42.4 Å². The molecule has 4 atom stereocenters. The number of benzene rings is 1. The van der Waals surface area contributed by atoms with Gasteiger partial charge in [-0.2, -0.15) is 5.26 Å². The smallest absolute Gasteiger partial charge is 0.125 e. The Kier molecular flexibility index (Phi) is 4.60. The van der Waals surface area contributed by atoms with Crippen LogP contribution in [0, 0.1) is 17.1 Å². The molecule has 4 rings (SSSR count). The Balaban J connectivity index is 1.36. The number of rotatable bonds is 5. The molecule has 2 bridgehead atoms. The van der Waals surface area contributed by atoms with Gasteiger partial charge < -0.3 is 15.5 Å². The maximum Gasteiger partial charge on any atom is 0.125 e. The minimum Gasteiger partial charge on any atom is -0.366 e. The van der Waals surface area contributed by atoms with Gasteiger partial charge in [-0.25, -0.2) is 4.39 Å². The van der Waals surface area contributed by atoms with Crippen LogP contribution in [0.4, 0.5) is 10.1 Å². The maximum absolute atomic E-state index is 13.5. The van der Waals surface area contributed by atoms with Crippen molar-refractivity contribution >= 4 is 5.69 Å². The summed E-state index contributed by atoms with van der Waals surface area (Å²) in [6.07, 6.45) is 3.03. The van der Waals surface area contributed by atoms with Crippen LogP contribution in [-0.4, -0.2) is 60.1 Å². The third kappa shape index (κ3) is 3.06. The minimum absolute atomic E-state index is 0.0768. The second-order valence-corrected chi connectivity index (χ2v) is 7.71. The normalized spacial score (nSPS) is 29.2. The highest BCUT2D eigenvalue weighted by molar-refractivity contribution is 5.50.